The van der Waals surface area contributed by atoms with Crippen LogP contribution in [-0.2, 0) is 6.54 Å². The maximum absolute atomic E-state index is 13.9. The van der Waals surface area contributed by atoms with Gasteiger partial charge in [-0.15, -0.1) is 11.3 Å². The summed E-state index contributed by atoms with van der Waals surface area (Å²) in [5.41, 5.74) is 0.600. The van der Waals surface area contributed by atoms with Crippen molar-refractivity contribution in [2.24, 2.45) is 0 Å². The molecule has 0 aliphatic carbocycles. The smallest absolute Gasteiger partial charge is 0.315 e. The molecule has 0 spiro atoms. The van der Waals surface area contributed by atoms with Crippen molar-refractivity contribution < 1.29 is 9.18 Å². The number of nitrogens with one attached hydrogen (secondary N) is 2. The highest BCUT2D eigenvalue weighted by Crippen LogP contribution is 2.22. The molecule has 5 nitrogen and oxygen atoms in total. The van der Waals surface area contributed by atoms with E-state index in [0.29, 0.717) is 18.8 Å². The number of anilines is 1. The maximum Gasteiger partial charge on any atom is 0.315 e. The van der Waals surface area contributed by atoms with Crippen LogP contribution in [0.2, 0.25) is 0 Å². The lowest BCUT2D eigenvalue weighted by molar-refractivity contribution is 0.234. The van der Waals surface area contributed by atoms with Crippen LogP contribution in [0.15, 0.2) is 30.5 Å². The summed E-state index contributed by atoms with van der Waals surface area (Å²) in [5, 5.41) is 6.70. The Labute approximate surface area is 144 Å². The summed E-state index contributed by atoms with van der Waals surface area (Å²) in [6, 6.07) is 6.57. The minimum Gasteiger partial charge on any atom is -0.367 e. The monoisotopic (exact) mass is 348 g/mol. The molecule has 1 aromatic heterocycles. The Morgan fingerprint density at radius 2 is 2.29 bits per heavy atom. The van der Waals surface area contributed by atoms with Crippen molar-refractivity contribution in [3.05, 3.63) is 46.2 Å². The number of carbonyl (C=O) groups excluding carboxylic acids is 1. The summed E-state index contributed by atoms with van der Waals surface area (Å²) in [4.78, 5) is 19.4. The molecule has 0 radical (unpaired) electrons. The molecule has 2 aromatic rings. The number of piperidine rings is 1. The number of carbonyl (C=O) groups is 1. The molecule has 1 unspecified atom stereocenters. The van der Waals surface area contributed by atoms with Gasteiger partial charge in [0, 0.05) is 30.2 Å². The molecule has 1 aromatic carbocycles. The molecular formula is C17H21FN4OS. The molecule has 2 amide bonds. The van der Waals surface area contributed by atoms with Crippen molar-refractivity contribution in [1.82, 2.24) is 15.6 Å². The van der Waals surface area contributed by atoms with E-state index in [2.05, 4.69) is 15.6 Å². The van der Waals surface area contributed by atoms with Gasteiger partial charge >= 0.3 is 6.03 Å². The van der Waals surface area contributed by atoms with Gasteiger partial charge in [0.25, 0.3) is 0 Å². The largest absolute Gasteiger partial charge is 0.367 e. The van der Waals surface area contributed by atoms with Gasteiger partial charge in [-0.25, -0.2) is 14.2 Å². The third-order valence-corrected chi connectivity index (χ3v) is 4.93. The fourth-order valence-electron chi connectivity index (χ4n) is 2.90. The molecule has 2 N–H and O–H groups in total. The first-order valence-corrected chi connectivity index (χ1v) is 8.88. The summed E-state index contributed by atoms with van der Waals surface area (Å²) >= 11 is 1.57. The third kappa shape index (κ3) is 4.23. The van der Waals surface area contributed by atoms with Crippen LogP contribution in [0.25, 0.3) is 0 Å². The fourth-order valence-corrected chi connectivity index (χ4v) is 3.62. The number of hydrogen-bond donors (Lipinski definition) is 2. The number of thiazole rings is 1. The van der Waals surface area contributed by atoms with E-state index in [-0.39, 0.29) is 17.9 Å². The average Bonchev–Trinajstić information content (AvgIpc) is 2.99. The number of rotatable bonds is 4. The van der Waals surface area contributed by atoms with Crippen LogP contribution >= 0.6 is 11.3 Å². The molecule has 128 valence electrons. The lowest BCUT2D eigenvalue weighted by atomic mass is 10.0. The Balaban J connectivity index is 1.51. The highest BCUT2D eigenvalue weighted by molar-refractivity contribution is 7.11. The Morgan fingerprint density at radius 3 is 3.04 bits per heavy atom. The predicted molar refractivity (Wildman–Crippen MR) is 93.9 cm³/mol. The number of halogens is 1. The zero-order valence-corrected chi connectivity index (χ0v) is 14.4. The van der Waals surface area contributed by atoms with Crippen LogP contribution in [0, 0.1) is 12.7 Å². The first-order chi connectivity index (χ1) is 11.6. The minimum atomic E-state index is -0.221. The molecule has 0 bridgehead atoms. The quantitative estimate of drug-likeness (QED) is 0.893. The number of hydrogen-bond acceptors (Lipinski definition) is 4. The van der Waals surface area contributed by atoms with E-state index >= 15 is 0 Å². The number of benzene rings is 1. The first kappa shape index (κ1) is 16.7. The minimum absolute atomic E-state index is 0.0105. The van der Waals surface area contributed by atoms with Gasteiger partial charge in [0.2, 0.25) is 0 Å². The topological polar surface area (TPSA) is 57.3 Å². The zero-order chi connectivity index (χ0) is 16.9. The van der Waals surface area contributed by atoms with E-state index in [1.54, 1.807) is 29.7 Å². The molecule has 1 atom stereocenters. The van der Waals surface area contributed by atoms with Crippen LogP contribution in [0.5, 0.6) is 0 Å². The van der Waals surface area contributed by atoms with Gasteiger partial charge in [-0.05, 0) is 31.9 Å². The summed E-state index contributed by atoms with van der Waals surface area (Å²) < 4.78 is 13.9. The SMILES string of the molecule is Cc1cnc(CNC(=O)NC2CCCN(c3ccccc3F)C2)s1. The standard InChI is InChI=1S/C17H21FN4OS/c1-12-9-19-16(24-12)10-20-17(23)21-13-5-4-8-22(11-13)15-7-3-2-6-14(15)18/h2-3,6-7,9,13H,4-5,8,10-11H2,1H3,(H2,20,21,23). The highest BCUT2D eigenvalue weighted by atomic mass is 32.1. The van der Waals surface area contributed by atoms with E-state index in [1.807, 2.05) is 17.9 Å². The molecule has 7 heteroatoms. The van der Waals surface area contributed by atoms with Crippen LogP contribution < -0.4 is 15.5 Å². The van der Waals surface area contributed by atoms with Crippen LogP contribution in [-0.4, -0.2) is 30.1 Å². The molecule has 1 aliphatic heterocycles. The van der Waals surface area contributed by atoms with Crippen LogP contribution in [0.1, 0.15) is 22.7 Å². The second-order valence-electron chi connectivity index (χ2n) is 5.93. The van der Waals surface area contributed by atoms with Gasteiger partial charge in [0.15, 0.2) is 0 Å². The van der Waals surface area contributed by atoms with Crippen molar-refractivity contribution in [2.75, 3.05) is 18.0 Å². The van der Waals surface area contributed by atoms with Crippen LogP contribution in [0.4, 0.5) is 14.9 Å². The summed E-state index contributed by atoms with van der Waals surface area (Å²) in [6.45, 7) is 3.83. The van der Waals surface area contributed by atoms with E-state index in [0.717, 1.165) is 29.3 Å². The Kier molecular flexibility index (Phi) is 5.30. The summed E-state index contributed by atoms with van der Waals surface area (Å²) in [7, 11) is 0. The molecule has 1 fully saturated rings. The Bertz CT molecular complexity index is 705. The normalized spacial score (nSPS) is 17.6. The number of para-hydroxylation sites is 1. The average molecular weight is 348 g/mol. The van der Waals surface area contributed by atoms with Crippen molar-refractivity contribution >= 4 is 23.1 Å². The Hall–Kier alpha value is -2.15. The van der Waals surface area contributed by atoms with E-state index in [9.17, 15) is 9.18 Å². The van der Waals surface area contributed by atoms with Gasteiger partial charge in [-0.1, -0.05) is 12.1 Å². The third-order valence-electron chi connectivity index (χ3n) is 4.02. The fraction of sp³-hybridized carbons (Fsp3) is 0.412. The van der Waals surface area contributed by atoms with Crippen molar-refractivity contribution in [3.63, 3.8) is 0 Å². The van der Waals surface area contributed by atoms with Gasteiger partial charge in [-0.2, -0.15) is 0 Å². The second kappa shape index (κ2) is 7.61. The van der Waals surface area contributed by atoms with Crippen molar-refractivity contribution in [3.8, 4) is 0 Å². The van der Waals surface area contributed by atoms with Crippen molar-refractivity contribution in [1.29, 1.82) is 0 Å². The number of urea groups is 1. The summed E-state index contributed by atoms with van der Waals surface area (Å²) in [5.74, 6) is -0.221. The van der Waals surface area contributed by atoms with E-state index < -0.39 is 0 Å². The van der Waals surface area contributed by atoms with Gasteiger partial charge < -0.3 is 15.5 Å². The number of amides is 2. The first-order valence-electron chi connectivity index (χ1n) is 8.07. The molecule has 1 saturated heterocycles. The van der Waals surface area contributed by atoms with Gasteiger partial charge in [-0.3, -0.25) is 0 Å². The van der Waals surface area contributed by atoms with Crippen molar-refractivity contribution in [2.45, 2.75) is 32.4 Å². The molecule has 24 heavy (non-hydrogen) atoms. The van der Waals surface area contributed by atoms with E-state index in [1.165, 1.54) is 6.07 Å². The predicted octanol–water partition coefficient (Wildman–Crippen LogP) is 3.06. The lowest BCUT2D eigenvalue weighted by Crippen LogP contribution is -2.50. The Morgan fingerprint density at radius 1 is 1.46 bits per heavy atom. The van der Waals surface area contributed by atoms with E-state index in [4.69, 9.17) is 0 Å². The summed E-state index contributed by atoms with van der Waals surface area (Å²) in [6.07, 6.45) is 3.62. The molecule has 0 saturated carbocycles. The number of aromatic nitrogens is 1. The van der Waals surface area contributed by atoms with Gasteiger partial charge in [0.05, 0.1) is 12.2 Å². The lowest BCUT2D eigenvalue weighted by Gasteiger charge is -2.34. The number of aryl methyl sites for hydroxylation is 1. The molecule has 3 rings (SSSR count). The number of nitrogens with zero attached hydrogens (tertiary/aromatic N) is 2. The molecule has 2 heterocycles. The highest BCUT2D eigenvalue weighted by Gasteiger charge is 2.23. The zero-order valence-electron chi connectivity index (χ0n) is 13.6. The molecular weight excluding hydrogens is 327 g/mol. The second-order valence-corrected chi connectivity index (χ2v) is 7.25. The molecule has 1 aliphatic rings. The maximum atomic E-state index is 13.9. The van der Waals surface area contributed by atoms with Gasteiger partial charge in [0.1, 0.15) is 10.8 Å². The van der Waals surface area contributed by atoms with Crippen LogP contribution in [0.3, 0.4) is 0 Å².